The van der Waals surface area contributed by atoms with Crippen LogP contribution in [-0.2, 0) is 10.0 Å². The van der Waals surface area contributed by atoms with Gasteiger partial charge in [0.2, 0.25) is 0 Å². The zero-order chi connectivity index (χ0) is 21.4. The van der Waals surface area contributed by atoms with Gasteiger partial charge in [-0.05, 0) is 55.9 Å². The standard InChI is InChI=1S/C22H29N3O3S3/c26-22(25-11-3-6-16-5-1-2-7-19(16)25)18-15-30-21(23-18)17-9-12-24(13-10-17)31(27,28)20-8-4-14-29-20/h4,8,14-17,19H,1-3,5-7,9-13H2. The predicted octanol–water partition coefficient (Wildman–Crippen LogP) is 4.57. The summed E-state index contributed by atoms with van der Waals surface area (Å²) in [7, 11) is -3.38. The molecular formula is C22H29N3O3S3. The van der Waals surface area contributed by atoms with Gasteiger partial charge in [-0.1, -0.05) is 18.9 Å². The van der Waals surface area contributed by atoms with Gasteiger partial charge in [0.15, 0.2) is 0 Å². The number of thiophene rings is 1. The Balaban J connectivity index is 1.24. The number of hydrogen-bond acceptors (Lipinski definition) is 6. The average Bonchev–Trinajstić information content (AvgIpc) is 3.51. The number of aromatic nitrogens is 1. The molecule has 0 bridgehead atoms. The van der Waals surface area contributed by atoms with Crippen LogP contribution >= 0.6 is 22.7 Å². The highest BCUT2D eigenvalue weighted by Gasteiger charge is 2.37. The van der Waals surface area contributed by atoms with E-state index in [2.05, 4.69) is 4.90 Å². The first-order chi connectivity index (χ1) is 15.0. The van der Waals surface area contributed by atoms with Crippen molar-refractivity contribution in [1.29, 1.82) is 0 Å². The van der Waals surface area contributed by atoms with E-state index in [-0.39, 0.29) is 11.8 Å². The molecule has 2 atom stereocenters. The molecule has 168 valence electrons. The van der Waals surface area contributed by atoms with Gasteiger partial charge in [-0.2, -0.15) is 4.31 Å². The van der Waals surface area contributed by atoms with Gasteiger partial charge in [-0.15, -0.1) is 22.7 Å². The highest BCUT2D eigenvalue weighted by Crippen LogP contribution is 2.37. The number of hydrogen-bond donors (Lipinski definition) is 0. The summed E-state index contributed by atoms with van der Waals surface area (Å²) in [4.78, 5) is 20.1. The van der Waals surface area contributed by atoms with Gasteiger partial charge in [0.05, 0.1) is 5.01 Å². The summed E-state index contributed by atoms with van der Waals surface area (Å²) in [6, 6.07) is 3.84. The third-order valence-corrected chi connectivity index (χ3v) is 11.4. The van der Waals surface area contributed by atoms with Crippen LogP contribution in [0.5, 0.6) is 0 Å². The molecule has 6 nitrogen and oxygen atoms in total. The first kappa shape index (κ1) is 21.6. The number of fused-ring (bicyclic) bond motifs is 1. The fraction of sp³-hybridized carbons (Fsp3) is 0.636. The lowest BCUT2D eigenvalue weighted by Crippen LogP contribution is -2.49. The normalized spacial score (nSPS) is 26.0. The Labute approximate surface area is 192 Å². The number of sulfonamides is 1. The van der Waals surface area contributed by atoms with Gasteiger partial charge in [0.25, 0.3) is 15.9 Å². The molecule has 3 aliphatic rings. The number of likely N-dealkylation sites (tertiary alicyclic amines) is 1. The molecule has 2 unspecified atom stereocenters. The second-order valence-corrected chi connectivity index (χ2v) is 12.9. The smallest absolute Gasteiger partial charge is 0.273 e. The van der Waals surface area contributed by atoms with Gasteiger partial charge in [0, 0.05) is 37.0 Å². The second-order valence-electron chi connectivity index (χ2n) is 8.93. The molecule has 2 saturated heterocycles. The molecule has 9 heteroatoms. The molecule has 2 aromatic rings. The lowest BCUT2D eigenvalue weighted by atomic mass is 9.78. The van der Waals surface area contributed by atoms with Crippen LogP contribution in [0.25, 0.3) is 0 Å². The highest BCUT2D eigenvalue weighted by atomic mass is 32.2. The Bertz CT molecular complexity index is 1010. The van der Waals surface area contributed by atoms with Crippen molar-refractivity contribution in [2.24, 2.45) is 5.92 Å². The Morgan fingerprint density at radius 1 is 1.00 bits per heavy atom. The first-order valence-corrected chi connectivity index (χ1v) is 14.5. The Kier molecular flexibility index (Phi) is 6.20. The van der Waals surface area contributed by atoms with E-state index in [4.69, 9.17) is 4.98 Å². The van der Waals surface area contributed by atoms with E-state index in [1.165, 1.54) is 37.0 Å². The minimum atomic E-state index is -3.38. The van der Waals surface area contributed by atoms with Gasteiger partial charge in [-0.3, -0.25) is 4.79 Å². The van der Waals surface area contributed by atoms with Crippen LogP contribution in [0.1, 0.15) is 72.8 Å². The summed E-state index contributed by atoms with van der Waals surface area (Å²) >= 11 is 2.83. The predicted molar refractivity (Wildman–Crippen MR) is 123 cm³/mol. The molecule has 1 saturated carbocycles. The lowest BCUT2D eigenvalue weighted by Gasteiger charge is -2.43. The zero-order valence-corrected chi connectivity index (χ0v) is 20.1. The Morgan fingerprint density at radius 3 is 2.55 bits per heavy atom. The van der Waals surface area contributed by atoms with Gasteiger partial charge >= 0.3 is 0 Å². The van der Waals surface area contributed by atoms with Crippen LogP contribution < -0.4 is 0 Å². The summed E-state index contributed by atoms with van der Waals surface area (Å²) in [5.41, 5.74) is 0.583. The van der Waals surface area contributed by atoms with E-state index >= 15 is 0 Å². The highest BCUT2D eigenvalue weighted by molar-refractivity contribution is 7.91. The topological polar surface area (TPSA) is 70.6 Å². The Morgan fingerprint density at radius 2 is 1.77 bits per heavy atom. The fourth-order valence-corrected chi connectivity index (χ4v) is 9.06. The van der Waals surface area contributed by atoms with E-state index in [0.717, 1.165) is 37.2 Å². The SMILES string of the molecule is O=C(c1csc(C2CCN(S(=O)(=O)c3cccs3)CC2)n1)N1CCCC2CCCCC21. The molecular weight excluding hydrogens is 450 g/mol. The molecule has 0 N–H and O–H groups in total. The van der Waals surface area contributed by atoms with Crippen LogP contribution in [-0.4, -0.2) is 54.2 Å². The third-order valence-electron chi connectivity index (χ3n) is 7.14. The van der Waals surface area contributed by atoms with Gasteiger partial charge in [0.1, 0.15) is 9.90 Å². The minimum Gasteiger partial charge on any atom is -0.334 e. The van der Waals surface area contributed by atoms with E-state index in [1.807, 2.05) is 5.38 Å². The summed E-state index contributed by atoms with van der Waals surface area (Å²) in [5.74, 6) is 0.987. The maximum absolute atomic E-state index is 13.2. The van der Waals surface area contributed by atoms with E-state index in [9.17, 15) is 13.2 Å². The molecule has 31 heavy (non-hydrogen) atoms. The van der Waals surface area contributed by atoms with Crippen molar-refractivity contribution < 1.29 is 13.2 Å². The van der Waals surface area contributed by atoms with Crippen LogP contribution in [0.4, 0.5) is 0 Å². The van der Waals surface area contributed by atoms with Crippen molar-refractivity contribution in [2.75, 3.05) is 19.6 Å². The van der Waals surface area contributed by atoms with Crippen LogP contribution in [0.3, 0.4) is 0 Å². The first-order valence-electron chi connectivity index (χ1n) is 11.3. The molecule has 3 fully saturated rings. The summed E-state index contributed by atoms with van der Waals surface area (Å²) in [5, 5.41) is 4.69. The number of thiazole rings is 1. The molecule has 4 heterocycles. The molecule has 2 aliphatic heterocycles. The second kappa shape index (κ2) is 8.92. The molecule has 0 aromatic carbocycles. The van der Waals surface area contributed by atoms with Gasteiger partial charge < -0.3 is 4.90 Å². The van der Waals surface area contributed by atoms with E-state index in [0.29, 0.717) is 35.0 Å². The van der Waals surface area contributed by atoms with Crippen molar-refractivity contribution in [3.05, 3.63) is 33.6 Å². The quantitative estimate of drug-likeness (QED) is 0.644. The van der Waals surface area contributed by atoms with E-state index < -0.39 is 10.0 Å². The maximum atomic E-state index is 13.2. The van der Waals surface area contributed by atoms with Crippen molar-refractivity contribution >= 4 is 38.6 Å². The van der Waals surface area contributed by atoms with Crippen LogP contribution in [0.15, 0.2) is 27.1 Å². The zero-order valence-electron chi connectivity index (χ0n) is 17.6. The van der Waals surface area contributed by atoms with Crippen LogP contribution in [0, 0.1) is 5.92 Å². The monoisotopic (exact) mass is 479 g/mol. The fourth-order valence-electron chi connectivity index (χ4n) is 5.48. The molecule has 2 aromatic heterocycles. The molecule has 0 spiro atoms. The van der Waals surface area contributed by atoms with Crippen molar-refractivity contribution in [3.8, 4) is 0 Å². The minimum absolute atomic E-state index is 0.0943. The summed E-state index contributed by atoms with van der Waals surface area (Å²) < 4.78 is 27.5. The number of carbonyl (C=O) groups is 1. The average molecular weight is 480 g/mol. The third kappa shape index (κ3) is 4.21. The lowest BCUT2D eigenvalue weighted by molar-refractivity contribution is 0.0386. The number of piperidine rings is 2. The summed E-state index contributed by atoms with van der Waals surface area (Å²) in [6.07, 6.45) is 8.75. The van der Waals surface area contributed by atoms with Crippen molar-refractivity contribution in [3.63, 3.8) is 0 Å². The number of carbonyl (C=O) groups excluding carboxylic acids is 1. The largest absolute Gasteiger partial charge is 0.334 e. The number of nitrogens with zero attached hydrogens (tertiary/aromatic N) is 3. The summed E-state index contributed by atoms with van der Waals surface area (Å²) in [6.45, 7) is 1.86. The number of amides is 1. The van der Waals surface area contributed by atoms with E-state index in [1.54, 1.807) is 33.2 Å². The molecule has 0 radical (unpaired) electrons. The Hall–Kier alpha value is -1.29. The van der Waals surface area contributed by atoms with Crippen molar-refractivity contribution in [1.82, 2.24) is 14.2 Å². The van der Waals surface area contributed by atoms with Gasteiger partial charge in [-0.25, -0.2) is 13.4 Å². The molecule has 1 aliphatic carbocycles. The molecule has 1 amide bonds. The molecule has 5 rings (SSSR count). The van der Waals surface area contributed by atoms with Crippen molar-refractivity contribution in [2.45, 2.75) is 67.5 Å². The van der Waals surface area contributed by atoms with Crippen LogP contribution in [0.2, 0.25) is 0 Å². The number of rotatable bonds is 4. The maximum Gasteiger partial charge on any atom is 0.273 e.